The summed E-state index contributed by atoms with van der Waals surface area (Å²) in [6.07, 6.45) is 0. The van der Waals surface area contributed by atoms with Gasteiger partial charge >= 0.3 is 0 Å². The molecule has 0 radical (unpaired) electrons. The number of aryl methyl sites for hydroxylation is 1. The van der Waals surface area contributed by atoms with Crippen molar-refractivity contribution in [1.29, 1.82) is 0 Å². The summed E-state index contributed by atoms with van der Waals surface area (Å²) in [5.74, 6) is 1.55. The van der Waals surface area contributed by atoms with Crippen LogP contribution in [0.1, 0.15) is 29.3 Å². The van der Waals surface area contributed by atoms with E-state index in [1.165, 1.54) is 0 Å². The highest BCUT2D eigenvalue weighted by atomic mass is 16.2. The van der Waals surface area contributed by atoms with E-state index in [1.54, 1.807) is 9.58 Å². The molecule has 2 aromatic carbocycles. The molecule has 0 bridgehead atoms. The van der Waals surface area contributed by atoms with Gasteiger partial charge in [-0.3, -0.25) is 9.48 Å². The first-order valence-corrected chi connectivity index (χ1v) is 10.00. The summed E-state index contributed by atoms with van der Waals surface area (Å²) in [4.78, 5) is 15.0. The van der Waals surface area contributed by atoms with Gasteiger partial charge in [0.05, 0.1) is 18.3 Å². The van der Waals surface area contributed by atoms with Crippen LogP contribution >= 0.6 is 0 Å². The van der Waals surface area contributed by atoms with E-state index in [9.17, 15) is 4.79 Å². The topological polar surface area (TPSA) is 68.8 Å². The standard InChI is InChI=1S/C23H22N6O/c1-16-14-28(15-21-24-25-22(29(16)21)18-11-7-4-8-12-18)23(30)19-13-20(27(2)26-19)17-9-5-3-6-10-17/h3-13,16H,14-15H2,1-2H3/t16-/m0/s1. The van der Waals surface area contributed by atoms with Crippen LogP contribution in [0.4, 0.5) is 0 Å². The zero-order chi connectivity index (χ0) is 20.7. The Morgan fingerprint density at radius 3 is 2.33 bits per heavy atom. The first-order valence-electron chi connectivity index (χ1n) is 10.00. The molecule has 1 aliphatic rings. The van der Waals surface area contributed by atoms with Crippen LogP contribution in [-0.2, 0) is 13.6 Å². The van der Waals surface area contributed by atoms with Gasteiger partial charge in [0.2, 0.25) is 0 Å². The van der Waals surface area contributed by atoms with Gasteiger partial charge in [0.25, 0.3) is 5.91 Å². The Bertz CT molecular complexity index is 1200. The van der Waals surface area contributed by atoms with Crippen molar-refractivity contribution in [3.8, 4) is 22.6 Å². The zero-order valence-corrected chi connectivity index (χ0v) is 16.9. The average Bonchev–Trinajstić information content (AvgIpc) is 3.38. The first kappa shape index (κ1) is 18.3. The number of nitrogens with zero attached hydrogens (tertiary/aromatic N) is 6. The Kier molecular flexibility index (Phi) is 4.43. The number of hydrogen-bond donors (Lipinski definition) is 0. The van der Waals surface area contributed by atoms with Crippen molar-refractivity contribution in [2.24, 2.45) is 7.05 Å². The summed E-state index contributed by atoms with van der Waals surface area (Å²) in [7, 11) is 1.86. The van der Waals surface area contributed by atoms with Crippen LogP contribution < -0.4 is 0 Å². The van der Waals surface area contributed by atoms with Gasteiger partial charge in [0, 0.05) is 19.2 Å². The Morgan fingerprint density at radius 2 is 1.63 bits per heavy atom. The Morgan fingerprint density at radius 1 is 0.967 bits per heavy atom. The Labute approximate surface area is 174 Å². The molecule has 0 fully saturated rings. The maximum Gasteiger partial charge on any atom is 0.274 e. The number of fused-ring (bicyclic) bond motifs is 1. The van der Waals surface area contributed by atoms with Gasteiger partial charge in [-0.15, -0.1) is 10.2 Å². The van der Waals surface area contributed by atoms with Crippen molar-refractivity contribution in [3.05, 3.63) is 78.2 Å². The van der Waals surface area contributed by atoms with Gasteiger partial charge in [-0.05, 0) is 18.6 Å². The van der Waals surface area contributed by atoms with Gasteiger partial charge < -0.3 is 9.47 Å². The molecule has 1 atom stereocenters. The predicted molar refractivity (Wildman–Crippen MR) is 114 cm³/mol. The van der Waals surface area contributed by atoms with Crippen LogP contribution in [0.3, 0.4) is 0 Å². The summed E-state index contributed by atoms with van der Waals surface area (Å²) in [5, 5.41) is 13.3. The van der Waals surface area contributed by atoms with Crippen molar-refractivity contribution in [2.45, 2.75) is 19.5 Å². The second kappa shape index (κ2) is 7.26. The molecule has 7 nitrogen and oxygen atoms in total. The lowest BCUT2D eigenvalue weighted by Crippen LogP contribution is -2.40. The van der Waals surface area contributed by atoms with E-state index in [0.29, 0.717) is 18.8 Å². The number of benzene rings is 2. The molecule has 0 spiro atoms. The third kappa shape index (κ3) is 3.08. The quantitative estimate of drug-likeness (QED) is 0.529. The minimum atomic E-state index is -0.0878. The molecule has 150 valence electrons. The number of hydrogen-bond acceptors (Lipinski definition) is 4. The minimum Gasteiger partial charge on any atom is -0.328 e. The molecule has 3 heterocycles. The number of carbonyl (C=O) groups excluding carboxylic acids is 1. The summed E-state index contributed by atoms with van der Waals surface area (Å²) < 4.78 is 3.89. The number of rotatable bonds is 3. The highest BCUT2D eigenvalue weighted by Gasteiger charge is 2.31. The van der Waals surface area contributed by atoms with E-state index >= 15 is 0 Å². The molecule has 7 heteroatoms. The van der Waals surface area contributed by atoms with Crippen molar-refractivity contribution in [3.63, 3.8) is 0 Å². The van der Waals surface area contributed by atoms with Gasteiger partial charge in [0.15, 0.2) is 17.3 Å². The molecule has 1 amide bonds. The van der Waals surface area contributed by atoms with Crippen LogP contribution in [0.15, 0.2) is 66.7 Å². The van der Waals surface area contributed by atoms with Gasteiger partial charge in [-0.2, -0.15) is 5.10 Å². The molecule has 4 aromatic rings. The highest BCUT2D eigenvalue weighted by molar-refractivity contribution is 5.93. The van der Waals surface area contributed by atoms with Gasteiger partial charge in [0.1, 0.15) is 0 Å². The lowest BCUT2D eigenvalue weighted by Gasteiger charge is -2.32. The summed E-state index contributed by atoms with van der Waals surface area (Å²) in [6.45, 7) is 3.09. The van der Waals surface area contributed by atoms with E-state index in [0.717, 1.165) is 28.5 Å². The van der Waals surface area contributed by atoms with Crippen molar-refractivity contribution in [2.75, 3.05) is 6.54 Å². The maximum atomic E-state index is 13.2. The number of aromatic nitrogens is 5. The van der Waals surface area contributed by atoms with Crippen LogP contribution in [-0.4, -0.2) is 41.9 Å². The highest BCUT2D eigenvalue weighted by Crippen LogP contribution is 2.28. The van der Waals surface area contributed by atoms with Crippen molar-refractivity contribution in [1.82, 2.24) is 29.4 Å². The lowest BCUT2D eigenvalue weighted by molar-refractivity contribution is 0.0675. The molecule has 1 aliphatic heterocycles. The van der Waals surface area contributed by atoms with E-state index in [2.05, 4.69) is 26.8 Å². The van der Waals surface area contributed by atoms with Crippen LogP contribution in [0.5, 0.6) is 0 Å². The van der Waals surface area contributed by atoms with Crippen molar-refractivity contribution < 1.29 is 4.79 Å². The monoisotopic (exact) mass is 398 g/mol. The fraction of sp³-hybridized carbons (Fsp3) is 0.217. The van der Waals surface area contributed by atoms with E-state index < -0.39 is 0 Å². The second-order valence-corrected chi connectivity index (χ2v) is 7.62. The molecule has 0 saturated heterocycles. The average molecular weight is 398 g/mol. The minimum absolute atomic E-state index is 0.0696. The number of amides is 1. The fourth-order valence-corrected chi connectivity index (χ4v) is 4.08. The maximum absolute atomic E-state index is 13.2. The largest absolute Gasteiger partial charge is 0.328 e. The van der Waals surface area contributed by atoms with Gasteiger partial charge in [-0.1, -0.05) is 60.7 Å². The molecule has 0 N–H and O–H groups in total. The third-order valence-electron chi connectivity index (χ3n) is 5.51. The molecule has 2 aromatic heterocycles. The Balaban J connectivity index is 1.42. The summed E-state index contributed by atoms with van der Waals surface area (Å²) in [5.41, 5.74) is 3.42. The molecule has 30 heavy (non-hydrogen) atoms. The second-order valence-electron chi connectivity index (χ2n) is 7.62. The van der Waals surface area contributed by atoms with E-state index in [1.807, 2.05) is 73.8 Å². The summed E-state index contributed by atoms with van der Waals surface area (Å²) in [6, 6.07) is 21.9. The molecule has 0 unspecified atom stereocenters. The molecule has 5 rings (SSSR count). The van der Waals surface area contributed by atoms with Crippen molar-refractivity contribution >= 4 is 5.91 Å². The smallest absolute Gasteiger partial charge is 0.274 e. The molecule has 0 aliphatic carbocycles. The molecular formula is C23H22N6O. The van der Waals surface area contributed by atoms with E-state index in [4.69, 9.17) is 0 Å². The molecule has 0 saturated carbocycles. The predicted octanol–water partition coefficient (Wildman–Crippen LogP) is 3.56. The zero-order valence-electron chi connectivity index (χ0n) is 16.9. The normalized spacial score (nSPS) is 15.8. The van der Waals surface area contributed by atoms with Crippen LogP contribution in [0.25, 0.3) is 22.6 Å². The molecular weight excluding hydrogens is 376 g/mol. The van der Waals surface area contributed by atoms with E-state index in [-0.39, 0.29) is 11.9 Å². The first-order chi connectivity index (χ1) is 14.6. The summed E-state index contributed by atoms with van der Waals surface area (Å²) >= 11 is 0. The Hall–Kier alpha value is -3.74. The lowest BCUT2D eigenvalue weighted by atomic mass is 10.1. The van der Waals surface area contributed by atoms with Gasteiger partial charge in [-0.25, -0.2) is 0 Å². The fourth-order valence-electron chi connectivity index (χ4n) is 4.08. The third-order valence-corrected chi connectivity index (χ3v) is 5.51. The SMILES string of the molecule is C[C@H]1CN(C(=O)c2cc(-c3ccccc3)n(C)n2)Cc2nnc(-c3ccccc3)n21. The van der Waals surface area contributed by atoms with Crippen LogP contribution in [0.2, 0.25) is 0 Å². The van der Waals surface area contributed by atoms with Crippen LogP contribution in [0, 0.1) is 0 Å². The number of carbonyl (C=O) groups is 1.